The number of nitrogens with two attached hydrogens (primary N) is 2. The van der Waals surface area contributed by atoms with Gasteiger partial charge in [-0.2, -0.15) is 5.10 Å². The summed E-state index contributed by atoms with van der Waals surface area (Å²) in [5.41, 5.74) is 11.6. The number of rotatable bonds is 4. The van der Waals surface area contributed by atoms with E-state index in [0.717, 1.165) is 31.5 Å². The number of amides is 1. The first kappa shape index (κ1) is 20.7. The Morgan fingerprint density at radius 2 is 1.97 bits per heavy atom. The molecular formula is C19H25F2N7O. The van der Waals surface area contributed by atoms with Gasteiger partial charge in [0.15, 0.2) is 0 Å². The van der Waals surface area contributed by atoms with Crippen molar-refractivity contribution >= 4 is 17.4 Å². The number of hydrogen-bond donors (Lipinski definition) is 3. The van der Waals surface area contributed by atoms with Gasteiger partial charge >= 0.3 is 0 Å². The first-order valence-electron chi connectivity index (χ1n) is 9.41. The summed E-state index contributed by atoms with van der Waals surface area (Å²) < 4.78 is 28.6. The molecule has 3 aromatic heterocycles. The third-order valence-corrected chi connectivity index (χ3v) is 4.93. The number of nitrogens with one attached hydrogen (secondary N) is 1. The number of hydrogen-bond acceptors (Lipinski definition) is 5. The van der Waals surface area contributed by atoms with Gasteiger partial charge in [-0.1, -0.05) is 6.07 Å². The molecule has 1 fully saturated rings. The molecule has 0 bridgehead atoms. The lowest BCUT2D eigenvalue weighted by molar-refractivity contribution is 0.0991. The number of anilines is 1. The van der Waals surface area contributed by atoms with E-state index in [4.69, 9.17) is 11.5 Å². The number of primary amides is 1. The van der Waals surface area contributed by atoms with Crippen LogP contribution < -0.4 is 16.8 Å². The molecule has 0 radical (unpaired) electrons. The zero-order chi connectivity index (χ0) is 21.0. The van der Waals surface area contributed by atoms with Crippen LogP contribution in [0.1, 0.15) is 48.3 Å². The summed E-state index contributed by atoms with van der Waals surface area (Å²) in [4.78, 5) is 14.4. The van der Waals surface area contributed by atoms with Crippen LogP contribution in [0.3, 0.4) is 0 Å². The summed E-state index contributed by atoms with van der Waals surface area (Å²) in [6, 6.07) is 7.66. The quantitative estimate of drug-likeness (QED) is 0.617. The number of fused-ring (bicyclic) bond motifs is 1. The summed E-state index contributed by atoms with van der Waals surface area (Å²) in [7, 11) is 1.67. The number of carbonyl (C=O) groups excluding carboxylic acids is 1. The average molecular weight is 405 g/mol. The van der Waals surface area contributed by atoms with Crippen LogP contribution in [-0.2, 0) is 7.05 Å². The van der Waals surface area contributed by atoms with Crippen LogP contribution in [0.5, 0.6) is 0 Å². The molecule has 0 saturated heterocycles. The second-order valence-corrected chi connectivity index (χ2v) is 7.07. The standard InChI is InChI=1S/C14H18F2N4.C5H7N3O/c15-14(16)11-8-20-12(2-1-3-13(20)19-11)18-10-6-4-9(17)5-7-10;1-8-4(5(6)9)2-3-7-8/h1-3,8-10,14,18H,4-7,17H2;2-3H,1H3,(H2,6,9). The number of halogens is 2. The lowest BCUT2D eigenvalue weighted by Gasteiger charge is -2.27. The second-order valence-electron chi connectivity index (χ2n) is 7.07. The van der Waals surface area contributed by atoms with Crippen molar-refractivity contribution in [3.8, 4) is 0 Å². The Kier molecular flexibility index (Phi) is 6.42. The number of pyridine rings is 1. The Bertz CT molecular complexity index is 961. The van der Waals surface area contributed by atoms with E-state index < -0.39 is 12.3 Å². The molecule has 0 unspecified atom stereocenters. The molecular weight excluding hydrogens is 380 g/mol. The summed E-state index contributed by atoms with van der Waals surface area (Å²) in [5, 5.41) is 7.17. The van der Waals surface area contributed by atoms with Gasteiger partial charge in [0.1, 0.15) is 22.9 Å². The fourth-order valence-corrected chi connectivity index (χ4v) is 3.34. The number of nitrogens with zero attached hydrogens (tertiary/aromatic N) is 4. The van der Waals surface area contributed by atoms with E-state index >= 15 is 0 Å². The third-order valence-electron chi connectivity index (χ3n) is 4.93. The van der Waals surface area contributed by atoms with Crippen molar-refractivity contribution in [2.75, 3.05) is 5.32 Å². The second kappa shape index (κ2) is 8.99. The van der Waals surface area contributed by atoms with E-state index in [1.807, 2.05) is 12.1 Å². The zero-order valence-electron chi connectivity index (χ0n) is 16.1. The molecule has 10 heteroatoms. The molecule has 3 aromatic rings. The van der Waals surface area contributed by atoms with E-state index in [1.54, 1.807) is 23.6 Å². The Morgan fingerprint density at radius 3 is 2.52 bits per heavy atom. The molecule has 1 saturated carbocycles. The monoisotopic (exact) mass is 405 g/mol. The lowest BCUT2D eigenvalue weighted by atomic mass is 9.92. The number of aromatic nitrogens is 4. The molecule has 0 spiro atoms. The summed E-state index contributed by atoms with van der Waals surface area (Å²) in [5.74, 6) is 0.359. The molecule has 0 aliphatic heterocycles. The molecule has 5 N–H and O–H groups in total. The Labute approximate surface area is 166 Å². The highest BCUT2D eigenvalue weighted by atomic mass is 19.3. The van der Waals surface area contributed by atoms with Crippen molar-refractivity contribution < 1.29 is 13.6 Å². The van der Waals surface area contributed by atoms with Gasteiger partial charge in [-0.15, -0.1) is 0 Å². The highest BCUT2D eigenvalue weighted by Gasteiger charge is 2.19. The molecule has 4 rings (SSSR count). The smallest absolute Gasteiger partial charge is 0.281 e. The predicted octanol–water partition coefficient (Wildman–Crippen LogP) is 2.47. The van der Waals surface area contributed by atoms with E-state index in [2.05, 4.69) is 15.4 Å². The minimum absolute atomic E-state index is 0.190. The molecule has 1 amide bonds. The number of imidazole rings is 1. The van der Waals surface area contributed by atoms with Crippen molar-refractivity contribution in [3.05, 3.63) is 48.0 Å². The van der Waals surface area contributed by atoms with Gasteiger partial charge in [-0.25, -0.2) is 13.8 Å². The van der Waals surface area contributed by atoms with Crippen LogP contribution in [0.25, 0.3) is 5.65 Å². The molecule has 29 heavy (non-hydrogen) atoms. The molecule has 8 nitrogen and oxygen atoms in total. The van der Waals surface area contributed by atoms with Gasteiger partial charge in [0.05, 0.1) is 0 Å². The highest BCUT2D eigenvalue weighted by molar-refractivity contribution is 5.90. The number of aryl methyl sites for hydroxylation is 1. The van der Waals surface area contributed by atoms with Gasteiger partial charge in [0, 0.05) is 31.5 Å². The van der Waals surface area contributed by atoms with E-state index in [0.29, 0.717) is 23.4 Å². The van der Waals surface area contributed by atoms with E-state index in [-0.39, 0.29) is 5.69 Å². The fraction of sp³-hybridized carbons (Fsp3) is 0.421. The third kappa shape index (κ3) is 5.08. The maximum Gasteiger partial charge on any atom is 0.281 e. The number of carbonyl (C=O) groups is 1. The van der Waals surface area contributed by atoms with Crippen LogP contribution in [0.2, 0.25) is 0 Å². The van der Waals surface area contributed by atoms with Crippen LogP contribution in [0, 0.1) is 0 Å². The van der Waals surface area contributed by atoms with Crippen LogP contribution >= 0.6 is 0 Å². The summed E-state index contributed by atoms with van der Waals surface area (Å²) in [6.45, 7) is 0. The maximum absolute atomic E-state index is 12.7. The normalized spacial score (nSPS) is 19.1. The van der Waals surface area contributed by atoms with Crippen molar-refractivity contribution in [3.63, 3.8) is 0 Å². The average Bonchev–Trinajstić information content (AvgIpc) is 3.31. The van der Waals surface area contributed by atoms with E-state index in [1.165, 1.54) is 17.1 Å². The molecule has 0 aromatic carbocycles. The topological polar surface area (TPSA) is 116 Å². The maximum atomic E-state index is 12.7. The van der Waals surface area contributed by atoms with Gasteiger partial charge in [0.25, 0.3) is 12.3 Å². The molecule has 1 aliphatic rings. The minimum atomic E-state index is -2.55. The van der Waals surface area contributed by atoms with Crippen LogP contribution in [0.15, 0.2) is 36.7 Å². The fourth-order valence-electron chi connectivity index (χ4n) is 3.34. The SMILES string of the molecule is Cn1nccc1C(N)=O.NC1CCC(Nc2cccc3nc(C(F)F)cn23)CC1. The lowest BCUT2D eigenvalue weighted by Crippen LogP contribution is -2.33. The molecule has 3 heterocycles. The Morgan fingerprint density at radius 1 is 1.24 bits per heavy atom. The Hall–Kier alpha value is -3.01. The van der Waals surface area contributed by atoms with Gasteiger partial charge in [-0.3, -0.25) is 13.9 Å². The van der Waals surface area contributed by atoms with Gasteiger partial charge < -0.3 is 16.8 Å². The molecule has 156 valence electrons. The Balaban J connectivity index is 0.000000224. The largest absolute Gasteiger partial charge is 0.368 e. The summed E-state index contributed by atoms with van der Waals surface area (Å²) >= 11 is 0. The van der Waals surface area contributed by atoms with Crippen molar-refractivity contribution in [1.82, 2.24) is 19.2 Å². The van der Waals surface area contributed by atoms with Gasteiger partial charge in [-0.05, 0) is 43.9 Å². The predicted molar refractivity (Wildman–Crippen MR) is 106 cm³/mol. The first-order chi connectivity index (χ1) is 13.8. The van der Waals surface area contributed by atoms with Crippen molar-refractivity contribution in [2.45, 2.75) is 44.2 Å². The summed E-state index contributed by atoms with van der Waals surface area (Å²) in [6.07, 6.45) is 4.40. The molecule has 0 atom stereocenters. The van der Waals surface area contributed by atoms with Crippen LogP contribution in [-0.4, -0.2) is 37.2 Å². The number of alkyl halides is 2. The zero-order valence-corrected chi connectivity index (χ0v) is 16.1. The first-order valence-corrected chi connectivity index (χ1v) is 9.41. The van der Waals surface area contributed by atoms with Gasteiger partial charge in [0.2, 0.25) is 0 Å². The minimum Gasteiger partial charge on any atom is -0.368 e. The highest BCUT2D eigenvalue weighted by Crippen LogP contribution is 2.24. The van der Waals surface area contributed by atoms with Crippen LogP contribution in [0.4, 0.5) is 14.6 Å². The van der Waals surface area contributed by atoms with Crippen molar-refractivity contribution in [1.29, 1.82) is 0 Å². The van der Waals surface area contributed by atoms with E-state index in [9.17, 15) is 13.6 Å². The molecule has 1 aliphatic carbocycles. The van der Waals surface area contributed by atoms with Crippen molar-refractivity contribution in [2.24, 2.45) is 18.5 Å².